The summed E-state index contributed by atoms with van der Waals surface area (Å²) in [6.45, 7) is 6.80. The molecule has 0 aromatic heterocycles. The molecule has 0 aliphatic carbocycles. The van der Waals surface area contributed by atoms with Gasteiger partial charge in [-0.25, -0.2) is 0 Å². The second kappa shape index (κ2) is 6.04. The molecule has 0 saturated carbocycles. The minimum Gasteiger partial charge on any atom is -0.352 e. The van der Waals surface area contributed by atoms with Gasteiger partial charge in [0.05, 0.1) is 0 Å². The fourth-order valence-electron chi connectivity index (χ4n) is 1.49. The molecule has 1 atom stereocenters. The summed E-state index contributed by atoms with van der Waals surface area (Å²) in [5.41, 5.74) is 2.99. The van der Waals surface area contributed by atoms with Crippen LogP contribution in [-0.4, -0.2) is 17.8 Å². The molecule has 0 heterocycles. The number of alkyl halides is 1. The molecule has 0 saturated heterocycles. The topological polar surface area (TPSA) is 29.1 Å². The number of benzene rings is 1. The van der Waals surface area contributed by atoms with Crippen LogP contribution in [0, 0.1) is 19.8 Å². The lowest BCUT2D eigenvalue weighted by molar-refractivity contribution is 0.0949. The monoisotopic (exact) mass is 283 g/mol. The molecule has 1 aromatic carbocycles. The van der Waals surface area contributed by atoms with Gasteiger partial charge in [-0.05, 0) is 31.4 Å². The van der Waals surface area contributed by atoms with Gasteiger partial charge >= 0.3 is 0 Å². The summed E-state index contributed by atoms with van der Waals surface area (Å²) in [5.74, 6) is 0.472. The van der Waals surface area contributed by atoms with Gasteiger partial charge in [-0.15, -0.1) is 0 Å². The number of halogens is 1. The average molecular weight is 284 g/mol. The highest BCUT2D eigenvalue weighted by Gasteiger charge is 2.09. The predicted molar refractivity (Wildman–Crippen MR) is 71.2 cm³/mol. The quantitative estimate of drug-likeness (QED) is 0.846. The Morgan fingerprint density at radius 1 is 1.44 bits per heavy atom. The van der Waals surface area contributed by atoms with E-state index >= 15 is 0 Å². The van der Waals surface area contributed by atoms with Gasteiger partial charge in [-0.3, -0.25) is 4.79 Å². The van der Waals surface area contributed by atoms with Crippen LogP contribution in [0.25, 0.3) is 0 Å². The molecule has 0 aliphatic rings. The molecule has 3 heteroatoms. The van der Waals surface area contributed by atoms with Gasteiger partial charge in [0, 0.05) is 17.4 Å². The van der Waals surface area contributed by atoms with Gasteiger partial charge in [0.15, 0.2) is 0 Å². The molecule has 1 unspecified atom stereocenters. The molecular weight excluding hydrogens is 266 g/mol. The Labute approximate surface area is 106 Å². The van der Waals surface area contributed by atoms with E-state index in [0.29, 0.717) is 12.5 Å². The maximum atomic E-state index is 11.9. The van der Waals surface area contributed by atoms with Crippen LogP contribution in [0.2, 0.25) is 0 Å². The molecular formula is C13H18BrNO. The zero-order chi connectivity index (χ0) is 12.1. The van der Waals surface area contributed by atoms with E-state index < -0.39 is 0 Å². The fraction of sp³-hybridized carbons (Fsp3) is 0.462. The van der Waals surface area contributed by atoms with Crippen molar-refractivity contribution in [2.24, 2.45) is 5.92 Å². The molecule has 0 fully saturated rings. The Morgan fingerprint density at radius 3 is 2.69 bits per heavy atom. The van der Waals surface area contributed by atoms with Crippen LogP contribution in [0.3, 0.4) is 0 Å². The summed E-state index contributed by atoms with van der Waals surface area (Å²) in [4.78, 5) is 11.9. The summed E-state index contributed by atoms with van der Waals surface area (Å²) in [6, 6.07) is 5.89. The third kappa shape index (κ3) is 3.63. The molecule has 1 N–H and O–H groups in total. The summed E-state index contributed by atoms with van der Waals surface area (Å²) < 4.78 is 0. The Kier molecular flexibility index (Phi) is 5.00. The fourth-order valence-corrected chi connectivity index (χ4v) is 1.71. The molecule has 0 spiro atoms. The number of carbonyl (C=O) groups excluding carboxylic acids is 1. The summed E-state index contributed by atoms with van der Waals surface area (Å²) >= 11 is 3.39. The van der Waals surface area contributed by atoms with Crippen LogP contribution >= 0.6 is 15.9 Å². The SMILES string of the molecule is Cc1ccc(C(=O)NCC(C)CBr)c(C)c1. The largest absolute Gasteiger partial charge is 0.352 e. The Morgan fingerprint density at radius 2 is 2.12 bits per heavy atom. The molecule has 1 rings (SSSR count). The number of nitrogens with one attached hydrogen (secondary N) is 1. The van der Waals surface area contributed by atoms with E-state index in [-0.39, 0.29) is 5.91 Å². The van der Waals surface area contributed by atoms with Crippen LogP contribution in [0.5, 0.6) is 0 Å². The second-order valence-corrected chi connectivity index (χ2v) is 4.94. The van der Waals surface area contributed by atoms with E-state index in [1.165, 1.54) is 5.56 Å². The number of hydrogen-bond donors (Lipinski definition) is 1. The van der Waals surface area contributed by atoms with Crippen molar-refractivity contribution < 1.29 is 4.79 Å². The van der Waals surface area contributed by atoms with E-state index in [0.717, 1.165) is 16.5 Å². The number of rotatable bonds is 4. The van der Waals surface area contributed by atoms with Crippen LogP contribution in [0.4, 0.5) is 0 Å². The minimum absolute atomic E-state index is 0.0188. The average Bonchev–Trinajstić information content (AvgIpc) is 2.25. The molecule has 2 nitrogen and oxygen atoms in total. The van der Waals surface area contributed by atoms with E-state index in [1.54, 1.807) is 0 Å². The molecule has 16 heavy (non-hydrogen) atoms. The number of hydrogen-bond acceptors (Lipinski definition) is 1. The van der Waals surface area contributed by atoms with Gasteiger partial charge in [0.1, 0.15) is 0 Å². The minimum atomic E-state index is 0.0188. The van der Waals surface area contributed by atoms with E-state index in [2.05, 4.69) is 28.2 Å². The summed E-state index contributed by atoms with van der Waals surface area (Å²) in [7, 11) is 0. The standard InChI is InChI=1S/C13H18BrNO/c1-9-4-5-12(11(3)6-9)13(16)15-8-10(2)7-14/h4-6,10H,7-8H2,1-3H3,(H,15,16). The maximum Gasteiger partial charge on any atom is 0.251 e. The zero-order valence-electron chi connectivity index (χ0n) is 10.0. The number of carbonyl (C=O) groups is 1. The predicted octanol–water partition coefficient (Wildman–Crippen LogP) is 3.06. The van der Waals surface area contributed by atoms with Crippen molar-refractivity contribution in [1.82, 2.24) is 5.32 Å². The maximum absolute atomic E-state index is 11.9. The lowest BCUT2D eigenvalue weighted by atomic mass is 10.1. The van der Waals surface area contributed by atoms with Crippen molar-refractivity contribution in [2.45, 2.75) is 20.8 Å². The van der Waals surface area contributed by atoms with E-state index in [4.69, 9.17) is 0 Å². The summed E-state index contributed by atoms with van der Waals surface area (Å²) in [5, 5.41) is 3.84. The Hall–Kier alpha value is -0.830. The van der Waals surface area contributed by atoms with Gasteiger partial charge < -0.3 is 5.32 Å². The Bertz CT molecular complexity index is 376. The van der Waals surface area contributed by atoms with Gasteiger partial charge in [-0.1, -0.05) is 40.5 Å². The number of amides is 1. The third-order valence-electron chi connectivity index (χ3n) is 2.50. The molecule has 88 valence electrons. The first kappa shape index (κ1) is 13.2. The second-order valence-electron chi connectivity index (χ2n) is 4.29. The molecule has 0 aliphatic heterocycles. The Balaban J connectivity index is 2.66. The first-order chi connectivity index (χ1) is 7.54. The zero-order valence-corrected chi connectivity index (χ0v) is 11.6. The van der Waals surface area contributed by atoms with Gasteiger partial charge in [0.25, 0.3) is 5.91 Å². The van der Waals surface area contributed by atoms with Crippen LogP contribution in [0.1, 0.15) is 28.4 Å². The normalized spacial score (nSPS) is 12.2. The van der Waals surface area contributed by atoms with Crippen molar-refractivity contribution in [2.75, 3.05) is 11.9 Å². The number of aryl methyl sites for hydroxylation is 2. The molecule has 1 aromatic rings. The first-order valence-corrected chi connectivity index (χ1v) is 6.58. The highest BCUT2D eigenvalue weighted by atomic mass is 79.9. The van der Waals surface area contributed by atoms with Gasteiger partial charge in [0.2, 0.25) is 0 Å². The molecule has 0 bridgehead atoms. The highest BCUT2D eigenvalue weighted by Crippen LogP contribution is 2.10. The smallest absolute Gasteiger partial charge is 0.251 e. The molecule has 0 radical (unpaired) electrons. The van der Waals surface area contributed by atoms with E-state index in [9.17, 15) is 4.79 Å². The lowest BCUT2D eigenvalue weighted by Gasteiger charge is -2.11. The first-order valence-electron chi connectivity index (χ1n) is 5.46. The van der Waals surface area contributed by atoms with Crippen LogP contribution in [0.15, 0.2) is 18.2 Å². The van der Waals surface area contributed by atoms with Crippen LogP contribution < -0.4 is 5.32 Å². The van der Waals surface area contributed by atoms with Crippen molar-refractivity contribution >= 4 is 21.8 Å². The highest BCUT2D eigenvalue weighted by molar-refractivity contribution is 9.09. The van der Waals surface area contributed by atoms with Gasteiger partial charge in [-0.2, -0.15) is 0 Å². The van der Waals surface area contributed by atoms with E-state index in [1.807, 2.05) is 32.0 Å². The van der Waals surface area contributed by atoms with Crippen LogP contribution in [-0.2, 0) is 0 Å². The van der Waals surface area contributed by atoms with Crippen molar-refractivity contribution in [1.29, 1.82) is 0 Å². The molecule has 1 amide bonds. The lowest BCUT2D eigenvalue weighted by Crippen LogP contribution is -2.29. The van der Waals surface area contributed by atoms with Crippen molar-refractivity contribution in [3.63, 3.8) is 0 Å². The van der Waals surface area contributed by atoms with Crippen molar-refractivity contribution in [3.05, 3.63) is 34.9 Å². The van der Waals surface area contributed by atoms with Crippen molar-refractivity contribution in [3.8, 4) is 0 Å². The summed E-state index contributed by atoms with van der Waals surface area (Å²) in [6.07, 6.45) is 0. The third-order valence-corrected chi connectivity index (χ3v) is 3.61.